The molecule has 0 amide bonds. The predicted octanol–water partition coefficient (Wildman–Crippen LogP) is 3.83. The number of rotatable bonds is 4. The maximum atomic E-state index is 6.04. The highest BCUT2D eigenvalue weighted by Gasteiger charge is 1.99. The Labute approximate surface area is 113 Å². The Morgan fingerprint density at radius 3 is 2.81 bits per heavy atom. The summed E-state index contributed by atoms with van der Waals surface area (Å²) >= 11 is 8.26. The molecule has 0 saturated heterocycles. The van der Waals surface area contributed by atoms with Crippen molar-refractivity contribution in [1.29, 1.82) is 0 Å². The molecule has 0 atom stereocenters. The van der Waals surface area contributed by atoms with E-state index in [0.717, 1.165) is 27.4 Å². The van der Waals surface area contributed by atoms with Crippen LogP contribution in [0.15, 0.2) is 41.0 Å². The first-order valence-corrected chi connectivity index (χ1v) is 6.38. The summed E-state index contributed by atoms with van der Waals surface area (Å²) in [6.45, 7) is 1.52. The van der Waals surface area contributed by atoms with Crippen LogP contribution in [0.4, 0.5) is 0 Å². The first-order valence-electron chi connectivity index (χ1n) is 4.93. The van der Waals surface area contributed by atoms with E-state index in [4.69, 9.17) is 16.0 Å². The van der Waals surface area contributed by atoms with E-state index in [1.165, 1.54) is 5.56 Å². The molecule has 0 radical (unpaired) electrons. The second kappa shape index (κ2) is 5.70. The van der Waals surface area contributed by atoms with E-state index < -0.39 is 0 Å². The molecule has 84 valence electrons. The highest BCUT2D eigenvalue weighted by molar-refractivity contribution is 14.1. The monoisotopic (exact) mass is 347 g/mol. The third kappa shape index (κ3) is 3.23. The van der Waals surface area contributed by atoms with Crippen LogP contribution < -0.4 is 5.32 Å². The first kappa shape index (κ1) is 12.0. The molecule has 4 heteroatoms. The molecule has 0 bridgehead atoms. The van der Waals surface area contributed by atoms with E-state index in [9.17, 15) is 0 Å². The van der Waals surface area contributed by atoms with Gasteiger partial charge in [-0.05, 0) is 52.4 Å². The average Bonchev–Trinajstić information content (AvgIpc) is 2.76. The minimum absolute atomic E-state index is 0.733. The minimum Gasteiger partial charge on any atom is -0.468 e. The van der Waals surface area contributed by atoms with E-state index >= 15 is 0 Å². The SMILES string of the molecule is Clc1cc(CNCc2ccco2)ccc1I. The van der Waals surface area contributed by atoms with Crippen LogP contribution in [0, 0.1) is 3.57 Å². The molecular formula is C12H11ClINO. The summed E-state index contributed by atoms with van der Waals surface area (Å²) in [5.41, 5.74) is 1.18. The van der Waals surface area contributed by atoms with Gasteiger partial charge >= 0.3 is 0 Å². The molecule has 1 N–H and O–H groups in total. The molecule has 16 heavy (non-hydrogen) atoms. The molecule has 2 nitrogen and oxygen atoms in total. The zero-order valence-corrected chi connectivity index (χ0v) is 11.5. The van der Waals surface area contributed by atoms with E-state index in [0.29, 0.717) is 0 Å². The zero-order valence-electron chi connectivity index (χ0n) is 8.54. The third-order valence-electron chi connectivity index (χ3n) is 2.19. The van der Waals surface area contributed by atoms with Gasteiger partial charge in [-0.15, -0.1) is 0 Å². The fourth-order valence-electron chi connectivity index (χ4n) is 1.39. The van der Waals surface area contributed by atoms with Crippen molar-refractivity contribution in [3.63, 3.8) is 0 Å². The molecule has 2 rings (SSSR count). The molecule has 0 saturated carbocycles. The fraction of sp³-hybridized carbons (Fsp3) is 0.167. The second-order valence-electron chi connectivity index (χ2n) is 3.43. The van der Waals surface area contributed by atoms with Gasteiger partial charge in [0.15, 0.2) is 0 Å². The quantitative estimate of drug-likeness (QED) is 0.851. The standard InChI is InChI=1S/C12H11ClINO/c13-11-6-9(3-4-12(11)14)7-15-8-10-2-1-5-16-10/h1-6,15H,7-8H2. The lowest BCUT2D eigenvalue weighted by molar-refractivity contribution is 0.483. The van der Waals surface area contributed by atoms with Gasteiger partial charge in [0.2, 0.25) is 0 Å². The summed E-state index contributed by atoms with van der Waals surface area (Å²) in [5.74, 6) is 0.941. The van der Waals surface area contributed by atoms with Gasteiger partial charge in [-0.2, -0.15) is 0 Å². The van der Waals surface area contributed by atoms with Crippen molar-refractivity contribution >= 4 is 34.2 Å². The van der Waals surface area contributed by atoms with Crippen molar-refractivity contribution in [2.24, 2.45) is 0 Å². The maximum absolute atomic E-state index is 6.04. The average molecular weight is 348 g/mol. The van der Waals surface area contributed by atoms with Crippen LogP contribution in [0.2, 0.25) is 5.02 Å². The van der Waals surface area contributed by atoms with E-state index in [-0.39, 0.29) is 0 Å². The van der Waals surface area contributed by atoms with Crippen LogP contribution >= 0.6 is 34.2 Å². The lowest BCUT2D eigenvalue weighted by Gasteiger charge is -2.04. The molecule has 0 fully saturated rings. The Hall–Kier alpha value is -0.520. The molecule has 0 unspecified atom stereocenters. The normalized spacial score (nSPS) is 10.6. The number of hydrogen-bond acceptors (Lipinski definition) is 2. The van der Waals surface area contributed by atoms with E-state index in [1.807, 2.05) is 24.3 Å². The van der Waals surface area contributed by atoms with E-state index in [2.05, 4.69) is 34.0 Å². The van der Waals surface area contributed by atoms with Gasteiger partial charge in [0.25, 0.3) is 0 Å². The van der Waals surface area contributed by atoms with Gasteiger partial charge in [-0.25, -0.2) is 0 Å². The molecule has 1 heterocycles. The number of furan rings is 1. The van der Waals surface area contributed by atoms with Crippen LogP contribution in [-0.2, 0) is 13.1 Å². The second-order valence-corrected chi connectivity index (χ2v) is 5.00. The van der Waals surface area contributed by atoms with Gasteiger partial charge < -0.3 is 9.73 Å². The summed E-state index contributed by atoms with van der Waals surface area (Å²) in [7, 11) is 0. The van der Waals surface area contributed by atoms with Crippen LogP contribution in [0.1, 0.15) is 11.3 Å². The third-order valence-corrected chi connectivity index (χ3v) is 3.76. The van der Waals surface area contributed by atoms with Crippen molar-refractivity contribution in [3.05, 3.63) is 56.5 Å². The summed E-state index contributed by atoms with van der Waals surface area (Å²) in [6.07, 6.45) is 1.68. The first-order chi connectivity index (χ1) is 7.75. The van der Waals surface area contributed by atoms with Gasteiger partial charge in [0.1, 0.15) is 5.76 Å². The molecule has 1 aromatic carbocycles. The maximum Gasteiger partial charge on any atom is 0.117 e. The molecular weight excluding hydrogens is 336 g/mol. The van der Waals surface area contributed by atoms with Crippen LogP contribution in [-0.4, -0.2) is 0 Å². The largest absolute Gasteiger partial charge is 0.468 e. The highest BCUT2D eigenvalue weighted by Crippen LogP contribution is 2.19. The van der Waals surface area contributed by atoms with Gasteiger partial charge in [0.05, 0.1) is 17.8 Å². The Balaban J connectivity index is 1.87. The Morgan fingerprint density at radius 1 is 1.25 bits per heavy atom. The lowest BCUT2D eigenvalue weighted by atomic mass is 10.2. The van der Waals surface area contributed by atoms with Crippen molar-refractivity contribution in [1.82, 2.24) is 5.32 Å². The smallest absolute Gasteiger partial charge is 0.117 e. The minimum atomic E-state index is 0.733. The Kier molecular flexibility index (Phi) is 4.26. The van der Waals surface area contributed by atoms with Crippen LogP contribution in [0.5, 0.6) is 0 Å². The fourth-order valence-corrected chi connectivity index (χ4v) is 1.93. The molecule has 0 aliphatic rings. The summed E-state index contributed by atoms with van der Waals surface area (Å²) in [6, 6.07) is 9.92. The molecule has 0 aliphatic carbocycles. The number of halogens is 2. The number of benzene rings is 1. The van der Waals surface area contributed by atoms with Gasteiger partial charge in [-0.1, -0.05) is 17.7 Å². The highest BCUT2D eigenvalue weighted by atomic mass is 127. The number of nitrogens with one attached hydrogen (secondary N) is 1. The molecule has 0 aliphatic heterocycles. The molecule has 0 spiro atoms. The summed E-state index contributed by atoms with van der Waals surface area (Å²) < 4.78 is 6.30. The van der Waals surface area contributed by atoms with Crippen molar-refractivity contribution in [2.45, 2.75) is 13.1 Å². The summed E-state index contributed by atoms with van der Waals surface area (Å²) in [5, 5.41) is 4.10. The lowest BCUT2D eigenvalue weighted by Crippen LogP contribution is -2.12. The summed E-state index contributed by atoms with van der Waals surface area (Å²) in [4.78, 5) is 0. The molecule has 1 aromatic heterocycles. The Bertz CT molecular complexity index is 456. The van der Waals surface area contributed by atoms with Gasteiger partial charge in [0, 0.05) is 10.1 Å². The zero-order chi connectivity index (χ0) is 11.4. The van der Waals surface area contributed by atoms with Crippen molar-refractivity contribution in [3.8, 4) is 0 Å². The van der Waals surface area contributed by atoms with Gasteiger partial charge in [-0.3, -0.25) is 0 Å². The Morgan fingerprint density at radius 2 is 2.12 bits per heavy atom. The van der Waals surface area contributed by atoms with E-state index in [1.54, 1.807) is 6.26 Å². The number of hydrogen-bond donors (Lipinski definition) is 1. The van der Waals surface area contributed by atoms with Crippen LogP contribution in [0.25, 0.3) is 0 Å². The van der Waals surface area contributed by atoms with Crippen LogP contribution in [0.3, 0.4) is 0 Å². The molecule has 2 aromatic rings. The van der Waals surface area contributed by atoms with Crippen molar-refractivity contribution < 1.29 is 4.42 Å². The topological polar surface area (TPSA) is 25.2 Å². The predicted molar refractivity (Wildman–Crippen MR) is 73.4 cm³/mol. The van der Waals surface area contributed by atoms with Crippen molar-refractivity contribution in [2.75, 3.05) is 0 Å².